The molecule has 5 N–H and O–H groups in total. The van der Waals surface area contributed by atoms with E-state index in [4.69, 9.17) is 11.5 Å². The molecule has 15 heavy (non-hydrogen) atoms. The minimum absolute atomic E-state index is 0.166. The first kappa shape index (κ1) is 12.2. The topological polar surface area (TPSA) is 64.1 Å². The fraction of sp³-hybridized carbons (Fsp3) is 0.500. The molecule has 0 saturated carbocycles. The second kappa shape index (κ2) is 6.56. The summed E-state index contributed by atoms with van der Waals surface area (Å²) < 4.78 is 0. The molecule has 0 radical (unpaired) electrons. The Balaban J connectivity index is 2.31. The zero-order chi connectivity index (χ0) is 11.1. The third-order valence-corrected chi connectivity index (χ3v) is 2.35. The van der Waals surface area contributed by atoms with Crippen molar-refractivity contribution in [1.29, 1.82) is 0 Å². The van der Waals surface area contributed by atoms with Crippen LogP contribution in [0.2, 0.25) is 0 Å². The van der Waals surface area contributed by atoms with Crippen LogP contribution in [-0.2, 0) is 6.42 Å². The van der Waals surface area contributed by atoms with Crippen molar-refractivity contribution in [3.63, 3.8) is 0 Å². The molecule has 1 rings (SSSR count). The van der Waals surface area contributed by atoms with Crippen LogP contribution in [0.3, 0.4) is 0 Å². The highest BCUT2D eigenvalue weighted by Gasteiger charge is 2.02. The first-order valence-electron chi connectivity index (χ1n) is 5.44. The van der Waals surface area contributed by atoms with E-state index < -0.39 is 0 Å². The second-order valence-corrected chi connectivity index (χ2v) is 3.94. The molecular weight excluding hydrogens is 186 g/mol. The Labute approximate surface area is 91.9 Å². The smallest absolute Gasteiger partial charge is 0.0206 e. The van der Waals surface area contributed by atoms with Gasteiger partial charge >= 0.3 is 0 Å². The Bertz CT molecular complexity index is 269. The number of aryl methyl sites for hydroxylation is 1. The van der Waals surface area contributed by atoms with Gasteiger partial charge in [0.25, 0.3) is 0 Å². The molecule has 0 saturated heterocycles. The van der Waals surface area contributed by atoms with Gasteiger partial charge in [-0.15, -0.1) is 0 Å². The summed E-state index contributed by atoms with van der Waals surface area (Å²) in [5.74, 6) is 0. The maximum Gasteiger partial charge on any atom is 0.0206 e. The van der Waals surface area contributed by atoms with Crippen molar-refractivity contribution < 1.29 is 0 Å². The number of rotatable bonds is 6. The highest BCUT2D eigenvalue weighted by atomic mass is 14.9. The van der Waals surface area contributed by atoms with Crippen LogP contribution in [0.5, 0.6) is 0 Å². The quantitative estimate of drug-likeness (QED) is 0.592. The van der Waals surface area contributed by atoms with Crippen molar-refractivity contribution >= 4 is 0 Å². The number of nitrogens with one attached hydrogen (secondary N) is 1. The van der Waals surface area contributed by atoms with Crippen LogP contribution in [0, 0.1) is 6.92 Å². The van der Waals surface area contributed by atoms with E-state index in [1.54, 1.807) is 0 Å². The molecule has 0 heterocycles. The standard InChI is InChI=1S/C12H21N3/c1-10-2-4-11(5-3-10)8-12(14)9-15-7-6-13/h2-5,12,15H,6-9,13-14H2,1H3/t12-/m0/s1. The molecule has 0 aromatic heterocycles. The Kier molecular flexibility index (Phi) is 5.32. The van der Waals surface area contributed by atoms with Gasteiger partial charge in [-0.2, -0.15) is 0 Å². The zero-order valence-electron chi connectivity index (χ0n) is 9.37. The van der Waals surface area contributed by atoms with Gasteiger partial charge in [0.2, 0.25) is 0 Å². The maximum absolute atomic E-state index is 5.98. The van der Waals surface area contributed by atoms with E-state index in [0.717, 1.165) is 19.5 Å². The molecule has 1 atom stereocenters. The van der Waals surface area contributed by atoms with Crippen LogP contribution in [0.25, 0.3) is 0 Å². The maximum atomic E-state index is 5.98. The van der Waals surface area contributed by atoms with Gasteiger partial charge in [0.15, 0.2) is 0 Å². The van der Waals surface area contributed by atoms with Crippen molar-refractivity contribution in [2.75, 3.05) is 19.6 Å². The summed E-state index contributed by atoms with van der Waals surface area (Å²) in [4.78, 5) is 0. The molecule has 0 unspecified atom stereocenters. The number of benzene rings is 1. The van der Waals surface area contributed by atoms with E-state index >= 15 is 0 Å². The number of hydrogen-bond acceptors (Lipinski definition) is 3. The molecule has 0 bridgehead atoms. The third kappa shape index (κ3) is 4.93. The van der Waals surface area contributed by atoms with Gasteiger partial charge in [0, 0.05) is 25.7 Å². The SMILES string of the molecule is Cc1ccc(C[C@H](N)CNCCN)cc1. The van der Waals surface area contributed by atoms with Crippen molar-refractivity contribution in [3.8, 4) is 0 Å². The molecular formula is C12H21N3. The van der Waals surface area contributed by atoms with Crippen LogP contribution in [0.4, 0.5) is 0 Å². The fourth-order valence-electron chi connectivity index (χ4n) is 1.49. The third-order valence-electron chi connectivity index (χ3n) is 2.35. The van der Waals surface area contributed by atoms with Gasteiger partial charge in [0.1, 0.15) is 0 Å². The van der Waals surface area contributed by atoms with Gasteiger partial charge in [-0.05, 0) is 18.9 Å². The van der Waals surface area contributed by atoms with Gasteiger partial charge < -0.3 is 16.8 Å². The van der Waals surface area contributed by atoms with Gasteiger partial charge in [-0.3, -0.25) is 0 Å². The lowest BCUT2D eigenvalue weighted by Gasteiger charge is -2.12. The molecule has 1 aromatic rings. The predicted molar refractivity (Wildman–Crippen MR) is 64.8 cm³/mol. The van der Waals surface area contributed by atoms with Crippen molar-refractivity contribution in [2.45, 2.75) is 19.4 Å². The normalized spacial score (nSPS) is 12.7. The number of nitrogens with two attached hydrogens (primary N) is 2. The van der Waals surface area contributed by atoms with Gasteiger partial charge in [-0.25, -0.2) is 0 Å². The molecule has 84 valence electrons. The van der Waals surface area contributed by atoms with E-state index in [1.165, 1.54) is 11.1 Å². The first-order chi connectivity index (χ1) is 7.22. The summed E-state index contributed by atoms with van der Waals surface area (Å²) in [6.07, 6.45) is 0.915. The average Bonchev–Trinajstić information content (AvgIpc) is 2.22. The van der Waals surface area contributed by atoms with Crippen LogP contribution in [-0.4, -0.2) is 25.7 Å². The van der Waals surface area contributed by atoms with E-state index in [1.807, 2.05) is 0 Å². The Morgan fingerprint density at radius 2 is 1.93 bits per heavy atom. The molecule has 1 aromatic carbocycles. The summed E-state index contributed by atoms with van der Waals surface area (Å²) in [6, 6.07) is 8.68. The van der Waals surface area contributed by atoms with Gasteiger partial charge in [-0.1, -0.05) is 29.8 Å². The van der Waals surface area contributed by atoms with Crippen LogP contribution in [0.15, 0.2) is 24.3 Å². The van der Waals surface area contributed by atoms with Crippen LogP contribution < -0.4 is 16.8 Å². The minimum Gasteiger partial charge on any atom is -0.329 e. The summed E-state index contributed by atoms with van der Waals surface area (Å²) in [6.45, 7) is 4.41. The lowest BCUT2D eigenvalue weighted by Crippen LogP contribution is -2.37. The highest BCUT2D eigenvalue weighted by molar-refractivity contribution is 5.22. The first-order valence-corrected chi connectivity index (χ1v) is 5.44. The molecule has 0 spiro atoms. The summed E-state index contributed by atoms with van der Waals surface area (Å²) >= 11 is 0. The van der Waals surface area contributed by atoms with Crippen LogP contribution in [0.1, 0.15) is 11.1 Å². The molecule has 0 aliphatic heterocycles. The molecule has 0 aliphatic rings. The molecule has 3 heteroatoms. The van der Waals surface area contributed by atoms with E-state index in [-0.39, 0.29) is 6.04 Å². The zero-order valence-corrected chi connectivity index (χ0v) is 9.37. The van der Waals surface area contributed by atoms with E-state index in [0.29, 0.717) is 6.54 Å². The van der Waals surface area contributed by atoms with Crippen molar-refractivity contribution in [2.24, 2.45) is 11.5 Å². The second-order valence-electron chi connectivity index (χ2n) is 3.94. The summed E-state index contributed by atoms with van der Waals surface area (Å²) in [5, 5.41) is 3.22. The van der Waals surface area contributed by atoms with E-state index in [2.05, 4.69) is 36.5 Å². The van der Waals surface area contributed by atoms with Crippen molar-refractivity contribution in [3.05, 3.63) is 35.4 Å². The van der Waals surface area contributed by atoms with E-state index in [9.17, 15) is 0 Å². The molecule has 0 aliphatic carbocycles. The molecule has 3 nitrogen and oxygen atoms in total. The van der Waals surface area contributed by atoms with Crippen molar-refractivity contribution in [1.82, 2.24) is 5.32 Å². The monoisotopic (exact) mass is 207 g/mol. The lowest BCUT2D eigenvalue weighted by atomic mass is 10.1. The minimum atomic E-state index is 0.166. The highest BCUT2D eigenvalue weighted by Crippen LogP contribution is 2.04. The van der Waals surface area contributed by atoms with Crippen LogP contribution >= 0.6 is 0 Å². The fourth-order valence-corrected chi connectivity index (χ4v) is 1.49. The molecule has 0 amide bonds. The van der Waals surface area contributed by atoms with Gasteiger partial charge in [0.05, 0.1) is 0 Å². The summed E-state index contributed by atoms with van der Waals surface area (Å²) in [5.41, 5.74) is 13.9. The Morgan fingerprint density at radius 1 is 1.27 bits per heavy atom. The predicted octanol–water partition coefficient (Wildman–Crippen LogP) is 0.413. The Hall–Kier alpha value is -0.900. The summed E-state index contributed by atoms with van der Waals surface area (Å²) in [7, 11) is 0. The molecule has 0 fully saturated rings. The lowest BCUT2D eigenvalue weighted by molar-refractivity contribution is 0.578. The largest absolute Gasteiger partial charge is 0.329 e. The number of hydrogen-bond donors (Lipinski definition) is 3. The Morgan fingerprint density at radius 3 is 2.53 bits per heavy atom. The average molecular weight is 207 g/mol.